The van der Waals surface area contributed by atoms with Gasteiger partial charge in [-0.2, -0.15) is 0 Å². The predicted octanol–water partition coefficient (Wildman–Crippen LogP) is 4.19. The lowest BCUT2D eigenvalue weighted by molar-refractivity contribution is -0.122. The van der Waals surface area contributed by atoms with Gasteiger partial charge in [-0.1, -0.05) is 12.1 Å². The van der Waals surface area contributed by atoms with E-state index in [9.17, 15) is 18.0 Å². The number of halogens is 3. The Morgan fingerprint density at radius 3 is 1.95 bits per heavy atom. The Morgan fingerprint density at radius 1 is 0.905 bits per heavy atom. The van der Waals surface area contributed by atoms with Gasteiger partial charge in [0.05, 0.1) is 0 Å². The maximum atomic E-state index is 13.1. The molecule has 0 spiro atoms. The highest BCUT2D eigenvalue weighted by Crippen LogP contribution is 2.26. The van der Waals surface area contributed by atoms with Gasteiger partial charge in [0.2, 0.25) is 0 Å². The largest absolute Gasteiger partial charge is 0.298 e. The minimum absolute atomic E-state index is 0.0843. The fourth-order valence-corrected chi connectivity index (χ4v) is 2.15. The van der Waals surface area contributed by atoms with Crippen LogP contribution in [0.1, 0.15) is 25.0 Å². The van der Waals surface area contributed by atoms with Gasteiger partial charge in [-0.05, 0) is 49.2 Å². The third-order valence-electron chi connectivity index (χ3n) is 3.55. The van der Waals surface area contributed by atoms with Crippen LogP contribution in [0.15, 0.2) is 42.5 Å². The van der Waals surface area contributed by atoms with E-state index in [-0.39, 0.29) is 23.6 Å². The molecule has 110 valence electrons. The molecule has 0 saturated heterocycles. The summed E-state index contributed by atoms with van der Waals surface area (Å²) in [4.78, 5) is 12.4. The van der Waals surface area contributed by atoms with E-state index in [1.54, 1.807) is 26.0 Å². The van der Waals surface area contributed by atoms with Crippen molar-refractivity contribution < 1.29 is 18.0 Å². The van der Waals surface area contributed by atoms with Gasteiger partial charge in [-0.15, -0.1) is 0 Å². The van der Waals surface area contributed by atoms with Gasteiger partial charge in [-0.3, -0.25) is 4.79 Å². The molecule has 0 amide bonds. The summed E-state index contributed by atoms with van der Waals surface area (Å²) in [7, 11) is 0. The molecule has 0 bridgehead atoms. The Kier molecular flexibility index (Phi) is 4.16. The molecule has 2 aromatic carbocycles. The van der Waals surface area contributed by atoms with Crippen LogP contribution in [0.5, 0.6) is 0 Å². The normalized spacial score (nSPS) is 11.5. The molecule has 1 nitrogen and oxygen atoms in total. The smallest absolute Gasteiger partial charge is 0.147 e. The highest BCUT2D eigenvalue weighted by Gasteiger charge is 2.29. The molecule has 0 aromatic heterocycles. The Morgan fingerprint density at radius 2 is 1.43 bits per heavy atom. The van der Waals surface area contributed by atoms with Gasteiger partial charge in [-0.25, -0.2) is 13.2 Å². The standard InChI is InChI=1S/C17H15F3O/c1-17(2,12-3-5-13(18)6-4-12)16(21)9-11-7-14(19)10-15(20)8-11/h3-8,10H,9H2,1-2H3. The van der Waals surface area contributed by atoms with E-state index in [1.165, 1.54) is 12.1 Å². The first-order valence-corrected chi connectivity index (χ1v) is 6.53. The molecule has 0 N–H and O–H groups in total. The zero-order valence-electron chi connectivity index (χ0n) is 11.8. The van der Waals surface area contributed by atoms with Crippen molar-refractivity contribution in [1.82, 2.24) is 0 Å². The number of benzene rings is 2. The van der Waals surface area contributed by atoms with E-state index in [4.69, 9.17) is 0 Å². The molecule has 2 aromatic rings. The molecule has 0 aliphatic heterocycles. The van der Waals surface area contributed by atoms with Crippen LogP contribution in [0.25, 0.3) is 0 Å². The maximum Gasteiger partial charge on any atom is 0.147 e. The number of carbonyl (C=O) groups is 1. The fourth-order valence-electron chi connectivity index (χ4n) is 2.15. The zero-order valence-corrected chi connectivity index (χ0v) is 11.8. The number of rotatable bonds is 4. The molecule has 0 fully saturated rings. The molecule has 0 atom stereocenters. The first kappa shape index (κ1) is 15.3. The number of carbonyl (C=O) groups excluding carboxylic acids is 1. The van der Waals surface area contributed by atoms with Gasteiger partial charge in [0.1, 0.15) is 23.2 Å². The third-order valence-corrected chi connectivity index (χ3v) is 3.55. The van der Waals surface area contributed by atoms with E-state index >= 15 is 0 Å². The Hall–Kier alpha value is -2.10. The Bertz CT molecular complexity index is 640. The fraction of sp³-hybridized carbons (Fsp3) is 0.235. The van der Waals surface area contributed by atoms with Crippen molar-refractivity contribution in [3.05, 3.63) is 71.0 Å². The predicted molar refractivity (Wildman–Crippen MR) is 74.5 cm³/mol. The molecular formula is C17H15F3O. The minimum Gasteiger partial charge on any atom is -0.298 e. The van der Waals surface area contributed by atoms with Crippen LogP contribution >= 0.6 is 0 Å². The molecule has 0 radical (unpaired) electrons. The SMILES string of the molecule is CC(C)(C(=O)Cc1cc(F)cc(F)c1)c1ccc(F)cc1. The second-order valence-corrected chi connectivity index (χ2v) is 5.51. The van der Waals surface area contributed by atoms with Crippen LogP contribution in [0.3, 0.4) is 0 Å². The summed E-state index contributed by atoms with van der Waals surface area (Å²) in [6.45, 7) is 3.41. The first-order valence-electron chi connectivity index (χ1n) is 6.53. The van der Waals surface area contributed by atoms with Gasteiger partial charge in [0.15, 0.2) is 0 Å². The van der Waals surface area contributed by atoms with Crippen LogP contribution in [-0.2, 0) is 16.6 Å². The van der Waals surface area contributed by atoms with E-state index in [1.807, 2.05) is 0 Å². The number of hydrogen-bond donors (Lipinski definition) is 0. The number of hydrogen-bond acceptors (Lipinski definition) is 1. The van der Waals surface area contributed by atoms with E-state index < -0.39 is 17.0 Å². The maximum absolute atomic E-state index is 13.1. The minimum atomic E-state index is -0.865. The molecule has 4 heteroatoms. The average molecular weight is 292 g/mol. The highest BCUT2D eigenvalue weighted by atomic mass is 19.1. The van der Waals surface area contributed by atoms with Crippen molar-refractivity contribution in [3.63, 3.8) is 0 Å². The highest BCUT2D eigenvalue weighted by molar-refractivity contribution is 5.91. The van der Waals surface area contributed by atoms with Crippen molar-refractivity contribution in [1.29, 1.82) is 0 Å². The van der Waals surface area contributed by atoms with E-state index in [0.717, 1.165) is 18.2 Å². The Balaban J connectivity index is 2.23. The molecule has 0 aliphatic rings. The topological polar surface area (TPSA) is 17.1 Å². The van der Waals surface area contributed by atoms with Crippen molar-refractivity contribution in [3.8, 4) is 0 Å². The zero-order chi connectivity index (χ0) is 15.6. The quantitative estimate of drug-likeness (QED) is 0.825. The monoisotopic (exact) mass is 292 g/mol. The average Bonchev–Trinajstić information content (AvgIpc) is 2.37. The molecule has 21 heavy (non-hydrogen) atoms. The van der Waals surface area contributed by atoms with Gasteiger partial charge in [0.25, 0.3) is 0 Å². The van der Waals surface area contributed by atoms with E-state index in [2.05, 4.69) is 0 Å². The molecule has 0 aliphatic carbocycles. The third kappa shape index (κ3) is 3.51. The summed E-state index contributed by atoms with van der Waals surface area (Å²) in [6.07, 6.45) is -0.0843. The summed E-state index contributed by atoms with van der Waals surface area (Å²) in [6, 6.07) is 8.69. The lowest BCUT2D eigenvalue weighted by Crippen LogP contribution is -2.30. The molecule has 2 rings (SSSR count). The number of ketones is 1. The van der Waals surface area contributed by atoms with Gasteiger partial charge < -0.3 is 0 Å². The lowest BCUT2D eigenvalue weighted by Gasteiger charge is -2.24. The first-order chi connectivity index (χ1) is 9.79. The van der Waals surface area contributed by atoms with Gasteiger partial charge in [0, 0.05) is 17.9 Å². The summed E-state index contributed by atoms with van der Waals surface area (Å²) < 4.78 is 39.2. The van der Waals surface area contributed by atoms with Crippen LogP contribution < -0.4 is 0 Å². The van der Waals surface area contributed by atoms with Crippen LogP contribution in [0, 0.1) is 17.5 Å². The summed E-state index contributed by atoms with van der Waals surface area (Å²) in [5.74, 6) is -2.00. The van der Waals surface area contributed by atoms with Crippen LogP contribution in [0.4, 0.5) is 13.2 Å². The second-order valence-electron chi connectivity index (χ2n) is 5.51. The van der Waals surface area contributed by atoms with Crippen LogP contribution in [0.2, 0.25) is 0 Å². The summed E-state index contributed by atoms with van der Waals surface area (Å²) in [5, 5.41) is 0. The summed E-state index contributed by atoms with van der Waals surface area (Å²) >= 11 is 0. The van der Waals surface area contributed by atoms with Crippen molar-refractivity contribution >= 4 is 5.78 Å². The molecule has 0 unspecified atom stereocenters. The number of Topliss-reactive ketones (excluding diaryl/α,β-unsaturated/α-hetero) is 1. The molecule has 0 heterocycles. The second kappa shape index (κ2) is 5.72. The van der Waals surface area contributed by atoms with Crippen molar-refractivity contribution in [2.24, 2.45) is 0 Å². The lowest BCUT2D eigenvalue weighted by atomic mass is 9.78. The molecule has 0 saturated carbocycles. The van der Waals surface area contributed by atoms with E-state index in [0.29, 0.717) is 5.56 Å². The summed E-state index contributed by atoms with van der Waals surface area (Å²) in [5.41, 5.74) is 0.0784. The van der Waals surface area contributed by atoms with Crippen molar-refractivity contribution in [2.45, 2.75) is 25.7 Å². The molecular weight excluding hydrogens is 277 g/mol. The Labute approximate surface area is 121 Å². The van der Waals surface area contributed by atoms with Gasteiger partial charge >= 0.3 is 0 Å². The van der Waals surface area contributed by atoms with Crippen molar-refractivity contribution in [2.75, 3.05) is 0 Å². The van der Waals surface area contributed by atoms with Crippen LogP contribution in [-0.4, -0.2) is 5.78 Å².